The van der Waals surface area contributed by atoms with Crippen molar-refractivity contribution in [1.29, 1.82) is 0 Å². The van der Waals surface area contributed by atoms with E-state index in [0.29, 0.717) is 13.1 Å². The van der Waals surface area contributed by atoms with Crippen LogP contribution in [0.25, 0.3) is 0 Å². The minimum atomic E-state index is -0.203. The largest absolute Gasteiger partial charge is 0.356 e. The van der Waals surface area contributed by atoms with Crippen molar-refractivity contribution in [1.82, 2.24) is 20.2 Å². The number of aliphatic imine (C=N–C) groups is 1. The number of rotatable bonds is 7. The first kappa shape index (κ1) is 18.6. The highest BCUT2D eigenvalue weighted by Gasteiger charge is 2.01. The smallest absolute Gasteiger partial charge is 0.191 e. The van der Waals surface area contributed by atoms with Crippen LogP contribution in [0.4, 0.5) is 4.39 Å². The molecule has 0 amide bonds. The van der Waals surface area contributed by atoms with Gasteiger partial charge in [-0.1, -0.05) is 36.4 Å². The third kappa shape index (κ3) is 5.95. The van der Waals surface area contributed by atoms with Gasteiger partial charge in [0.05, 0.1) is 6.33 Å². The van der Waals surface area contributed by atoms with Crippen LogP contribution in [0.3, 0.4) is 0 Å². The number of aromatic nitrogens is 2. The van der Waals surface area contributed by atoms with Crippen molar-refractivity contribution in [3.05, 3.63) is 89.8 Å². The summed E-state index contributed by atoms with van der Waals surface area (Å²) in [6, 6.07) is 15.1. The Hall–Kier alpha value is -3.15. The second-order valence-electron chi connectivity index (χ2n) is 6.29. The predicted molar refractivity (Wildman–Crippen MR) is 106 cm³/mol. The predicted octanol–water partition coefficient (Wildman–Crippen LogP) is 2.98. The number of halogens is 1. The Morgan fingerprint density at radius 2 is 1.89 bits per heavy atom. The van der Waals surface area contributed by atoms with E-state index < -0.39 is 0 Å². The van der Waals surface area contributed by atoms with E-state index in [1.165, 1.54) is 17.2 Å². The summed E-state index contributed by atoms with van der Waals surface area (Å²) in [5.74, 6) is 0.525. The molecule has 2 N–H and O–H groups in total. The third-order valence-corrected chi connectivity index (χ3v) is 4.19. The Morgan fingerprint density at radius 1 is 1.07 bits per heavy atom. The van der Waals surface area contributed by atoms with E-state index in [2.05, 4.69) is 44.9 Å². The van der Waals surface area contributed by atoms with Crippen LogP contribution in [0.15, 0.2) is 72.2 Å². The summed E-state index contributed by atoms with van der Waals surface area (Å²) in [5.41, 5.74) is 3.37. The van der Waals surface area contributed by atoms with Gasteiger partial charge in [0, 0.05) is 39.1 Å². The Morgan fingerprint density at radius 3 is 2.67 bits per heavy atom. The van der Waals surface area contributed by atoms with Gasteiger partial charge >= 0.3 is 0 Å². The Labute approximate surface area is 159 Å². The SMILES string of the molecule is CN=C(NCCc1cccc(F)c1)NCc1cccc(Cn2ccnc2)c1. The van der Waals surface area contributed by atoms with Crippen molar-refractivity contribution in [3.8, 4) is 0 Å². The maximum absolute atomic E-state index is 13.2. The first-order chi connectivity index (χ1) is 13.2. The fraction of sp³-hybridized carbons (Fsp3) is 0.238. The maximum Gasteiger partial charge on any atom is 0.191 e. The van der Waals surface area contributed by atoms with Gasteiger partial charge in [0.1, 0.15) is 5.82 Å². The summed E-state index contributed by atoms with van der Waals surface area (Å²) in [5, 5.41) is 6.58. The Bertz CT molecular complexity index is 874. The van der Waals surface area contributed by atoms with Crippen LogP contribution in [0.2, 0.25) is 0 Å². The monoisotopic (exact) mass is 365 g/mol. The molecule has 1 aromatic heterocycles. The lowest BCUT2D eigenvalue weighted by molar-refractivity contribution is 0.625. The average Bonchev–Trinajstić information content (AvgIpc) is 3.18. The summed E-state index contributed by atoms with van der Waals surface area (Å²) in [7, 11) is 1.74. The number of hydrogen-bond donors (Lipinski definition) is 2. The Kier molecular flexibility index (Phi) is 6.57. The molecular weight excluding hydrogens is 341 g/mol. The number of nitrogens with zero attached hydrogens (tertiary/aromatic N) is 3. The number of hydrogen-bond acceptors (Lipinski definition) is 2. The maximum atomic E-state index is 13.2. The number of imidazole rings is 1. The molecule has 0 fully saturated rings. The fourth-order valence-corrected chi connectivity index (χ4v) is 2.85. The van der Waals surface area contributed by atoms with Gasteiger partial charge in [-0.2, -0.15) is 0 Å². The molecule has 3 aromatic rings. The second kappa shape index (κ2) is 9.52. The first-order valence-corrected chi connectivity index (χ1v) is 8.95. The van der Waals surface area contributed by atoms with Crippen molar-refractivity contribution in [2.24, 2.45) is 4.99 Å². The summed E-state index contributed by atoms with van der Waals surface area (Å²) in [6.07, 6.45) is 6.29. The molecule has 0 aliphatic heterocycles. The van der Waals surface area contributed by atoms with Gasteiger partial charge in [-0.15, -0.1) is 0 Å². The quantitative estimate of drug-likeness (QED) is 0.500. The molecule has 1 heterocycles. The molecule has 6 heteroatoms. The number of benzene rings is 2. The van der Waals surface area contributed by atoms with Gasteiger partial charge in [0.25, 0.3) is 0 Å². The summed E-state index contributed by atoms with van der Waals surface area (Å²) in [4.78, 5) is 8.32. The lowest BCUT2D eigenvalue weighted by Gasteiger charge is -2.13. The standard InChI is InChI=1S/C21H24FN5/c1-23-21(25-9-8-17-4-3-7-20(22)13-17)26-14-18-5-2-6-19(12-18)15-27-11-10-24-16-27/h2-7,10-13,16H,8-9,14-15H2,1H3,(H2,23,25,26). The number of nitrogens with one attached hydrogen (secondary N) is 2. The van der Waals surface area contributed by atoms with Crippen molar-refractivity contribution in [2.75, 3.05) is 13.6 Å². The minimum Gasteiger partial charge on any atom is -0.356 e. The van der Waals surface area contributed by atoms with Crippen LogP contribution in [0, 0.1) is 5.82 Å². The highest BCUT2D eigenvalue weighted by atomic mass is 19.1. The van der Waals surface area contributed by atoms with E-state index >= 15 is 0 Å². The zero-order valence-electron chi connectivity index (χ0n) is 15.4. The zero-order chi connectivity index (χ0) is 18.9. The molecule has 5 nitrogen and oxygen atoms in total. The molecule has 0 bridgehead atoms. The summed E-state index contributed by atoms with van der Waals surface area (Å²) < 4.78 is 15.3. The normalized spacial score (nSPS) is 11.4. The lowest BCUT2D eigenvalue weighted by Crippen LogP contribution is -2.37. The molecule has 0 aliphatic rings. The molecule has 0 saturated heterocycles. The Balaban J connectivity index is 1.47. The summed E-state index contributed by atoms with van der Waals surface area (Å²) in [6.45, 7) is 2.16. The molecule has 0 unspecified atom stereocenters. The van der Waals surface area contributed by atoms with Gasteiger partial charge in [-0.25, -0.2) is 9.37 Å². The van der Waals surface area contributed by atoms with Gasteiger partial charge in [0.15, 0.2) is 5.96 Å². The molecule has 2 aromatic carbocycles. The molecule has 0 atom stereocenters. The number of guanidine groups is 1. The van der Waals surface area contributed by atoms with Crippen LogP contribution in [0.1, 0.15) is 16.7 Å². The van der Waals surface area contributed by atoms with Crippen LogP contribution in [-0.4, -0.2) is 29.1 Å². The minimum absolute atomic E-state index is 0.203. The molecule has 0 radical (unpaired) electrons. The third-order valence-electron chi connectivity index (χ3n) is 4.19. The molecule has 0 saturated carbocycles. The molecule has 0 spiro atoms. The van der Waals surface area contributed by atoms with Crippen molar-refractivity contribution >= 4 is 5.96 Å². The van der Waals surface area contributed by atoms with E-state index in [1.54, 1.807) is 25.4 Å². The topological polar surface area (TPSA) is 54.2 Å². The highest BCUT2D eigenvalue weighted by Crippen LogP contribution is 2.07. The van der Waals surface area contributed by atoms with Gasteiger partial charge in [-0.3, -0.25) is 4.99 Å². The average molecular weight is 365 g/mol. The lowest BCUT2D eigenvalue weighted by atomic mass is 10.1. The van der Waals surface area contributed by atoms with E-state index in [4.69, 9.17) is 0 Å². The molecule has 27 heavy (non-hydrogen) atoms. The van der Waals surface area contributed by atoms with Crippen molar-refractivity contribution in [3.63, 3.8) is 0 Å². The van der Waals surface area contributed by atoms with Crippen LogP contribution in [0.5, 0.6) is 0 Å². The van der Waals surface area contributed by atoms with Crippen molar-refractivity contribution in [2.45, 2.75) is 19.5 Å². The summed E-state index contributed by atoms with van der Waals surface area (Å²) >= 11 is 0. The zero-order valence-corrected chi connectivity index (χ0v) is 15.4. The van der Waals surface area contributed by atoms with E-state index in [9.17, 15) is 4.39 Å². The van der Waals surface area contributed by atoms with Crippen LogP contribution >= 0.6 is 0 Å². The van der Waals surface area contributed by atoms with E-state index in [0.717, 1.165) is 24.5 Å². The van der Waals surface area contributed by atoms with E-state index in [1.807, 2.05) is 23.2 Å². The van der Waals surface area contributed by atoms with Gasteiger partial charge in [-0.05, 0) is 35.2 Å². The van der Waals surface area contributed by atoms with Crippen LogP contribution in [-0.2, 0) is 19.5 Å². The fourth-order valence-electron chi connectivity index (χ4n) is 2.85. The van der Waals surface area contributed by atoms with Crippen molar-refractivity contribution < 1.29 is 4.39 Å². The van der Waals surface area contributed by atoms with Gasteiger partial charge < -0.3 is 15.2 Å². The van der Waals surface area contributed by atoms with Gasteiger partial charge in [0.2, 0.25) is 0 Å². The first-order valence-electron chi connectivity index (χ1n) is 8.95. The molecule has 3 rings (SSSR count). The van der Waals surface area contributed by atoms with E-state index in [-0.39, 0.29) is 5.82 Å². The second-order valence-corrected chi connectivity index (χ2v) is 6.29. The molecule has 0 aliphatic carbocycles. The van der Waals surface area contributed by atoms with Crippen LogP contribution < -0.4 is 10.6 Å². The highest BCUT2D eigenvalue weighted by molar-refractivity contribution is 5.79. The molecule has 140 valence electrons. The molecular formula is C21H24FN5.